The molecular formula is C21H22ClN5O4S. The van der Waals surface area contributed by atoms with E-state index < -0.39 is 5.97 Å². The molecule has 0 saturated carbocycles. The molecular weight excluding hydrogens is 454 g/mol. The second-order valence-corrected chi connectivity index (χ2v) is 8.34. The summed E-state index contributed by atoms with van der Waals surface area (Å²) >= 11 is 7.60. The Hall–Kier alpha value is -3.17. The number of carbonyl (C=O) groups excluding carboxylic acids is 2. The highest BCUT2D eigenvalue weighted by molar-refractivity contribution is 7.22. The lowest BCUT2D eigenvalue weighted by Crippen LogP contribution is -2.38. The van der Waals surface area contributed by atoms with Crippen molar-refractivity contribution < 1.29 is 19.5 Å². The molecule has 4 heterocycles. The van der Waals surface area contributed by atoms with E-state index in [0.717, 1.165) is 58.9 Å². The highest BCUT2D eigenvalue weighted by atomic mass is 35.5. The van der Waals surface area contributed by atoms with E-state index in [0.29, 0.717) is 6.04 Å². The van der Waals surface area contributed by atoms with Gasteiger partial charge >= 0.3 is 12.1 Å². The Morgan fingerprint density at radius 1 is 1.38 bits per heavy atom. The van der Waals surface area contributed by atoms with E-state index in [1.807, 2.05) is 24.5 Å². The first kappa shape index (κ1) is 25.1. The number of halogens is 1. The number of pyridine rings is 1. The van der Waals surface area contributed by atoms with Crippen molar-refractivity contribution in [3.05, 3.63) is 59.5 Å². The van der Waals surface area contributed by atoms with Gasteiger partial charge < -0.3 is 10.4 Å². The molecule has 168 valence electrons. The number of fused-ring (bicyclic) bond motifs is 1. The van der Waals surface area contributed by atoms with Gasteiger partial charge in [0, 0.05) is 44.1 Å². The van der Waals surface area contributed by atoms with E-state index in [9.17, 15) is 4.79 Å². The third-order valence-electron chi connectivity index (χ3n) is 4.53. The third-order valence-corrected chi connectivity index (χ3v) is 5.70. The van der Waals surface area contributed by atoms with Gasteiger partial charge in [-0.05, 0) is 30.5 Å². The van der Waals surface area contributed by atoms with Crippen molar-refractivity contribution >= 4 is 51.1 Å². The van der Waals surface area contributed by atoms with Crippen LogP contribution in [0.1, 0.15) is 18.4 Å². The quantitative estimate of drug-likeness (QED) is 0.533. The molecule has 1 saturated heterocycles. The number of anilines is 1. The first-order valence-corrected chi connectivity index (χ1v) is 10.8. The van der Waals surface area contributed by atoms with Crippen molar-refractivity contribution in [2.24, 2.45) is 0 Å². The molecule has 3 aromatic rings. The number of hydrogen-bond donors (Lipinski definition) is 2. The van der Waals surface area contributed by atoms with Crippen LogP contribution in [-0.4, -0.2) is 56.2 Å². The number of carboxylic acids is 1. The van der Waals surface area contributed by atoms with Gasteiger partial charge in [-0.15, -0.1) is 11.3 Å². The summed E-state index contributed by atoms with van der Waals surface area (Å²) in [5.41, 5.74) is 1.27. The lowest BCUT2D eigenvalue weighted by molar-refractivity contribution is -0.191. The molecule has 0 unspecified atom stereocenters. The Bertz CT molecular complexity index is 1050. The van der Waals surface area contributed by atoms with Crippen LogP contribution in [0.3, 0.4) is 0 Å². The fraction of sp³-hybridized carbons (Fsp3) is 0.286. The van der Waals surface area contributed by atoms with Crippen LogP contribution in [0.5, 0.6) is 0 Å². The molecule has 0 radical (unpaired) electrons. The minimum absolute atomic E-state index is 0.250. The third kappa shape index (κ3) is 8.16. The maximum absolute atomic E-state index is 9.25. The zero-order chi connectivity index (χ0) is 23.3. The summed E-state index contributed by atoms with van der Waals surface area (Å²) in [5.74, 6) is -0.0844. The van der Waals surface area contributed by atoms with Gasteiger partial charge in [0.1, 0.15) is 17.0 Å². The van der Waals surface area contributed by atoms with Crippen molar-refractivity contribution in [2.45, 2.75) is 25.4 Å². The number of aliphatic carboxylic acids is 1. The van der Waals surface area contributed by atoms with Crippen molar-refractivity contribution in [3.63, 3.8) is 0 Å². The molecule has 0 spiro atoms. The number of nitrogens with one attached hydrogen (secondary N) is 1. The molecule has 4 rings (SSSR count). The molecule has 1 aliphatic heterocycles. The number of nitrogens with zero attached hydrogens (tertiary/aromatic N) is 4. The van der Waals surface area contributed by atoms with Crippen LogP contribution in [0.2, 0.25) is 4.34 Å². The van der Waals surface area contributed by atoms with Crippen LogP contribution >= 0.6 is 22.9 Å². The van der Waals surface area contributed by atoms with E-state index in [4.69, 9.17) is 26.3 Å². The van der Waals surface area contributed by atoms with Gasteiger partial charge in [0.2, 0.25) is 0 Å². The number of carboxylic acid groups (broad SMARTS) is 1. The summed E-state index contributed by atoms with van der Waals surface area (Å²) in [6.07, 6.45) is 8.66. The van der Waals surface area contributed by atoms with Crippen LogP contribution in [0.4, 0.5) is 5.82 Å². The predicted molar refractivity (Wildman–Crippen MR) is 121 cm³/mol. The van der Waals surface area contributed by atoms with Crippen LogP contribution in [-0.2, 0) is 20.9 Å². The van der Waals surface area contributed by atoms with Gasteiger partial charge in [-0.25, -0.2) is 14.8 Å². The zero-order valence-electron chi connectivity index (χ0n) is 17.1. The van der Waals surface area contributed by atoms with E-state index in [-0.39, 0.29) is 6.15 Å². The predicted octanol–water partition coefficient (Wildman–Crippen LogP) is 3.49. The van der Waals surface area contributed by atoms with E-state index in [2.05, 4.69) is 37.8 Å². The Morgan fingerprint density at radius 3 is 2.66 bits per heavy atom. The fourth-order valence-corrected chi connectivity index (χ4v) is 4.18. The van der Waals surface area contributed by atoms with Crippen LogP contribution in [0.25, 0.3) is 10.2 Å². The van der Waals surface area contributed by atoms with Gasteiger partial charge in [-0.2, -0.15) is 9.59 Å². The molecule has 3 aromatic heterocycles. The van der Waals surface area contributed by atoms with Crippen LogP contribution < -0.4 is 5.32 Å². The molecule has 1 aliphatic rings. The number of rotatable bonds is 5. The molecule has 2 N–H and O–H groups in total. The molecule has 0 atom stereocenters. The Labute approximate surface area is 193 Å². The largest absolute Gasteiger partial charge is 0.478 e. The number of thiophene rings is 1. The molecule has 1 fully saturated rings. The van der Waals surface area contributed by atoms with Crippen molar-refractivity contribution in [1.82, 2.24) is 19.9 Å². The molecule has 9 nitrogen and oxygen atoms in total. The van der Waals surface area contributed by atoms with Gasteiger partial charge in [-0.3, -0.25) is 9.88 Å². The number of aromatic nitrogens is 3. The normalized spacial score (nSPS) is 13.7. The molecule has 0 amide bonds. The lowest BCUT2D eigenvalue weighted by atomic mass is 10.0. The van der Waals surface area contributed by atoms with Crippen molar-refractivity contribution in [3.8, 4) is 0 Å². The molecule has 32 heavy (non-hydrogen) atoms. The summed E-state index contributed by atoms with van der Waals surface area (Å²) in [5, 5.41) is 12.2. The zero-order valence-corrected chi connectivity index (χ0v) is 18.7. The number of piperidine rings is 1. The van der Waals surface area contributed by atoms with Gasteiger partial charge in [-0.1, -0.05) is 24.2 Å². The van der Waals surface area contributed by atoms with Crippen molar-refractivity contribution in [2.75, 3.05) is 18.4 Å². The smallest absolute Gasteiger partial charge is 0.373 e. The summed E-state index contributed by atoms with van der Waals surface area (Å²) in [6, 6.07) is 6.51. The number of likely N-dealkylation sites (tertiary alicyclic amines) is 1. The Morgan fingerprint density at radius 2 is 2.06 bits per heavy atom. The molecule has 0 bridgehead atoms. The minimum atomic E-state index is -0.981. The van der Waals surface area contributed by atoms with Gasteiger partial charge in [0.05, 0.1) is 9.72 Å². The van der Waals surface area contributed by atoms with Crippen LogP contribution in [0, 0.1) is 0 Å². The average Bonchev–Trinajstić information content (AvgIpc) is 3.18. The first-order valence-electron chi connectivity index (χ1n) is 9.59. The maximum Gasteiger partial charge on any atom is 0.373 e. The fourth-order valence-electron chi connectivity index (χ4n) is 3.12. The topological polar surface area (TPSA) is 125 Å². The average molecular weight is 476 g/mol. The summed E-state index contributed by atoms with van der Waals surface area (Å²) in [6.45, 7) is 6.08. The molecule has 0 aromatic carbocycles. The highest BCUT2D eigenvalue weighted by Gasteiger charge is 2.20. The summed E-state index contributed by atoms with van der Waals surface area (Å²) < 4.78 is 0.750. The summed E-state index contributed by atoms with van der Waals surface area (Å²) in [4.78, 5) is 41.8. The maximum atomic E-state index is 9.25. The Kier molecular flexibility index (Phi) is 10.4. The van der Waals surface area contributed by atoms with E-state index >= 15 is 0 Å². The first-order chi connectivity index (χ1) is 15.5. The lowest BCUT2D eigenvalue weighted by Gasteiger charge is -2.32. The Balaban J connectivity index is 0.000000395. The monoisotopic (exact) mass is 475 g/mol. The van der Waals surface area contributed by atoms with Crippen molar-refractivity contribution in [1.29, 1.82) is 0 Å². The highest BCUT2D eigenvalue weighted by Crippen LogP contribution is 2.32. The SMILES string of the molecule is C=CC(=O)O.Clc1cc2c(NC3CCN(Cc4cccnc4)CC3)ncnc2s1.O=C=O. The number of carbonyl (C=O) groups is 1. The molecule has 0 aliphatic carbocycles. The molecule has 11 heteroatoms. The van der Waals surface area contributed by atoms with Gasteiger partial charge in [0.25, 0.3) is 0 Å². The van der Waals surface area contributed by atoms with Crippen LogP contribution in [0.15, 0.2) is 49.6 Å². The second-order valence-electron chi connectivity index (χ2n) is 6.67. The minimum Gasteiger partial charge on any atom is -0.478 e. The number of hydrogen-bond acceptors (Lipinski definition) is 9. The van der Waals surface area contributed by atoms with E-state index in [1.54, 1.807) is 6.33 Å². The standard InChI is InChI=1S/C17H18ClN5S.C3H4O2.CO2/c18-15-8-14-16(20-11-21-17(14)24-15)22-13-3-6-23(7-4-13)10-12-2-1-5-19-9-12;1-2-3(4)5;2-1-3/h1-2,5,8-9,11,13H,3-4,6-7,10H2,(H,20,21,22);2H,1H2,(H,4,5);. The van der Waals surface area contributed by atoms with E-state index in [1.165, 1.54) is 16.9 Å². The summed E-state index contributed by atoms with van der Waals surface area (Å²) in [7, 11) is 0. The second kappa shape index (κ2) is 13.3. The van der Waals surface area contributed by atoms with Gasteiger partial charge in [0.15, 0.2) is 0 Å².